The average molecular weight is 600 g/mol. The van der Waals surface area contributed by atoms with Gasteiger partial charge in [0.15, 0.2) is 0 Å². The molecule has 37 heavy (non-hydrogen) atoms. The minimum atomic E-state index is -0.610. The molecule has 1 atom stereocenters. The third-order valence-corrected chi connectivity index (χ3v) is 8.38. The fourth-order valence-corrected chi connectivity index (χ4v) is 6.05. The zero-order valence-electron chi connectivity index (χ0n) is 20.7. The van der Waals surface area contributed by atoms with Gasteiger partial charge in [-0.25, -0.2) is 0 Å². The van der Waals surface area contributed by atoms with Crippen LogP contribution in [0.5, 0.6) is 0 Å². The highest BCUT2D eigenvalue weighted by Gasteiger charge is 2.32. The van der Waals surface area contributed by atoms with Gasteiger partial charge < -0.3 is 10.2 Å². The second kappa shape index (κ2) is 14.0. The highest BCUT2D eigenvalue weighted by molar-refractivity contribution is 9.10. The number of thioether (sulfide) groups is 1. The Bertz CT molecular complexity index is 1170. The molecule has 1 aliphatic rings. The molecule has 0 saturated heterocycles. The number of nitrogens with zero attached hydrogens (tertiary/aromatic N) is 1. The Hall–Kier alpha value is -2.28. The molecule has 7 heteroatoms. The minimum absolute atomic E-state index is 0.0698. The van der Waals surface area contributed by atoms with Gasteiger partial charge in [0.1, 0.15) is 6.04 Å². The molecule has 2 amide bonds. The molecule has 3 aromatic carbocycles. The van der Waals surface area contributed by atoms with E-state index in [1.807, 2.05) is 78.9 Å². The summed E-state index contributed by atoms with van der Waals surface area (Å²) in [5.74, 6) is 0.0905. The van der Waals surface area contributed by atoms with Crippen molar-refractivity contribution >= 4 is 51.1 Å². The Morgan fingerprint density at radius 2 is 1.65 bits per heavy atom. The molecule has 3 aromatic rings. The van der Waals surface area contributed by atoms with Crippen molar-refractivity contribution in [1.29, 1.82) is 0 Å². The average Bonchev–Trinajstić information content (AvgIpc) is 2.91. The van der Waals surface area contributed by atoms with E-state index in [1.165, 1.54) is 18.2 Å². The topological polar surface area (TPSA) is 49.4 Å². The van der Waals surface area contributed by atoms with Crippen molar-refractivity contribution in [2.24, 2.45) is 0 Å². The van der Waals surface area contributed by atoms with Crippen LogP contribution in [0.25, 0.3) is 0 Å². The predicted octanol–water partition coefficient (Wildman–Crippen LogP) is 7.28. The third-order valence-electron chi connectivity index (χ3n) is 6.64. The van der Waals surface area contributed by atoms with Gasteiger partial charge in [-0.3, -0.25) is 9.59 Å². The van der Waals surface area contributed by atoms with Gasteiger partial charge >= 0.3 is 0 Å². The van der Waals surface area contributed by atoms with Gasteiger partial charge in [-0.05, 0) is 60.4 Å². The first-order valence-electron chi connectivity index (χ1n) is 12.7. The van der Waals surface area contributed by atoms with E-state index in [-0.39, 0.29) is 23.6 Å². The largest absolute Gasteiger partial charge is 0.352 e. The van der Waals surface area contributed by atoms with Crippen LogP contribution in [-0.4, -0.2) is 34.6 Å². The quantitative estimate of drug-likeness (QED) is 0.249. The fourth-order valence-electron chi connectivity index (χ4n) is 4.69. The van der Waals surface area contributed by atoms with Crippen LogP contribution in [-0.2, 0) is 22.6 Å². The first kappa shape index (κ1) is 27.7. The van der Waals surface area contributed by atoms with Crippen molar-refractivity contribution in [3.63, 3.8) is 0 Å². The lowest BCUT2D eigenvalue weighted by Gasteiger charge is -2.33. The highest BCUT2D eigenvalue weighted by atomic mass is 79.9. The zero-order valence-corrected chi connectivity index (χ0v) is 23.9. The lowest BCUT2D eigenvalue weighted by molar-refractivity contribution is -0.139. The SMILES string of the molecule is O=C(NC1CCCCC1)C(Cc1ccccc1)N(Cc1cccc(Br)c1)C(=O)CSc1ccc(Cl)cc1. The van der Waals surface area contributed by atoms with Gasteiger partial charge in [0.2, 0.25) is 11.8 Å². The summed E-state index contributed by atoms with van der Waals surface area (Å²) >= 11 is 11.0. The fraction of sp³-hybridized carbons (Fsp3) is 0.333. The van der Waals surface area contributed by atoms with Gasteiger partial charge in [-0.15, -0.1) is 11.8 Å². The van der Waals surface area contributed by atoms with Crippen molar-refractivity contribution in [1.82, 2.24) is 10.2 Å². The Morgan fingerprint density at radius 3 is 2.35 bits per heavy atom. The van der Waals surface area contributed by atoms with Crippen molar-refractivity contribution in [2.45, 2.75) is 62.0 Å². The molecule has 0 spiro atoms. The van der Waals surface area contributed by atoms with Crippen LogP contribution in [0.15, 0.2) is 88.2 Å². The first-order chi connectivity index (χ1) is 18.0. The minimum Gasteiger partial charge on any atom is -0.352 e. The number of carbonyl (C=O) groups excluding carboxylic acids is 2. The van der Waals surface area contributed by atoms with Crippen LogP contribution in [0.1, 0.15) is 43.2 Å². The maximum absolute atomic E-state index is 13.8. The van der Waals surface area contributed by atoms with Crippen LogP contribution in [0, 0.1) is 0 Å². The van der Waals surface area contributed by atoms with Crippen LogP contribution in [0.4, 0.5) is 0 Å². The molecular weight excluding hydrogens is 568 g/mol. The molecule has 1 aliphatic carbocycles. The molecule has 0 aliphatic heterocycles. The molecule has 194 valence electrons. The Morgan fingerprint density at radius 1 is 0.946 bits per heavy atom. The van der Waals surface area contributed by atoms with E-state index in [1.54, 1.807) is 4.90 Å². The molecule has 1 N–H and O–H groups in total. The maximum Gasteiger partial charge on any atom is 0.243 e. The summed E-state index contributed by atoms with van der Waals surface area (Å²) in [6.45, 7) is 0.356. The van der Waals surface area contributed by atoms with Gasteiger partial charge in [-0.1, -0.05) is 89.3 Å². The number of carbonyl (C=O) groups is 2. The number of rotatable bonds is 10. The Kier molecular flexibility index (Phi) is 10.5. The molecule has 4 nitrogen and oxygen atoms in total. The number of nitrogens with one attached hydrogen (secondary N) is 1. The van der Waals surface area contributed by atoms with E-state index in [0.29, 0.717) is 18.0 Å². The summed E-state index contributed by atoms with van der Waals surface area (Å²) in [5, 5.41) is 3.95. The van der Waals surface area contributed by atoms with Gasteiger partial charge in [0.25, 0.3) is 0 Å². The normalized spacial score (nSPS) is 14.6. The molecule has 1 saturated carbocycles. The second-order valence-corrected chi connectivity index (χ2v) is 11.8. The molecule has 0 aromatic heterocycles. The summed E-state index contributed by atoms with van der Waals surface area (Å²) in [6.07, 6.45) is 5.94. The summed E-state index contributed by atoms with van der Waals surface area (Å²) in [7, 11) is 0. The van der Waals surface area contributed by atoms with Crippen LogP contribution in [0.2, 0.25) is 5.02 Å². The lowest BCUT2D eigenvalue weighted by atomic mass is 9.94. The van der Waals surface area contributed by atoms with E-state index >= 15 is 0 Å². The summed E-state index contributed by atoms with van der Waals surface area (Å²) in [6, 6.07) is 24.9. The molecule has 1 fully saturated rings. The van der Waals surface area contributed by atoms with E-state index in [9.17, 15) is 9.59 Å². The van der Waals surface area contributed by atoms with Crippen LogP contribution >= 0.6 is 39.3 Å². The predicted molar refractivity (Wildman–Crippen MR) is 156 cm³/mol. The van der Waals surface area contributed by atoms with Gasteiger partial charge in [0, 0.05) is 33.4 Å². The summed E-state index contributed by atoms with van der Waals surface area (Å²) in [4.78, 5) is 30.3. The van der Waals surface area contributed by atoms with E-state index < -0.39 is 6.04 Å². The van der Waals surface area contributed by atoms with Crippen LogP contribution in [0.3, 0.4) is 0 Å². The molecule has 4 rings (SSSR count). The molecule has 1 unspecified atom stereocenters. The van der Waals surface area contributed by atoms with Crippen molar-refractivity contribution in [3.8, 4) is 0 Å². The Balaban J connectivity index is 1.60. The number of benzene rings is 3. The zero-order chi connectivity index (χ0) is 26.0. The van der Waals surface area contributed by atoms with Gasteiger partial charge in [-0.2, -0.15) is 0 Å². The molecule has 0 heterocycles. The summed E-state index contributed by atoms with van der Waals surface area (Å²) < 4.78 is 0.944. The van der Waals surface area contributed by atoms with E-state index in [0.717, 1.165) is 46.2 Å². The number of hydrogen-bond donors (Lipinski definition) is 1. The molecular formula is C30H32BrClN2O2S. The number of amides is 2. The Labute approximate surface area is 237 Å². The van der Waals surface area contributed by atoms with Crippen molar-refractivity contribution < 1.29 is 9.59 Å². The highest BCUT2D eigenvalue weighted by Crippen LogP contribution is 2.24. The second-order valence-electron chi connectivity index (χ2n) is 9.44. The summed E-state index contributed by atoms with van der Waals surface area (Å²) in [5.41, 5.74) is 2.01. The van der Waals surface area contributed by atoms with E-state index in [2.05, 4.69) is 21.2 Å². The number of hydrogen-bond acceptors (Lipinski definition) is 3. The number of halogens is 2. The van der Waals surface area contributed by atoms with Crippen molar-refractivity contribution in [3.05, 3.63) is 99.5 Å². The van der Waals surface area contributed by atoms with E-state index in [4.69, 9.17) is 11.6 Å². The standard InChI is InChI=1S/C30H32BrClN2O2S/c31-24-11-7-10-23(18-24)20-34(29(35)21-37-27-16-14-25(32)15-17-27)28(19-22-8-3-1-4-9-22)30(36)33-26-12-5-2-6-13-26/h1,3-4,7-11,14-18,26,28H,2,5-6,12-13,19-21H2,(H,33,36). The van der Waals surface area contributed by atoms with Crippen molar-refractivity contribution in [2.75, 3.05) is 5.75 Å². The smallest absolute Gasteiger partial charge is 0.243 e. The monoisotopic (exact) mass is 598 g/mol. The maximum atomic E-state index is 13.8. The third kappa shape index (κ3) is 8.62. The lowest BCUT2D eigenvalue weighted by Crippen LogP contribution is -2.53. The molecule has 0 radical (unpaired) electrons. The van der Waals surface area contributed by atoms with Gasteiger partial charge in [0.05, 0.1) is 5.75 Å². The first-order valence-corrected chi connectivity index (χ1v) is 14.9. The molecule has 0 bridgehead atoms. The van der Waals surface area contributed by atoms with Crippen LogP contribution < -0.4 is 5.32 Å².